The fourth-order valence-corrected chi connectivity index (χ4v) is 3.60. The van der Waals surface area contributed by atoms with Crippen LogP contribution in [0.15, 0.2) is 36.4 Å². The number of rotatable bonds is 5. The first-order valence-electron chi connectivity index (χ1n) is 11.6. The van der Waals surface area contributed by atoms with Crippen molar-refractivity contribution >= 4 is 17.5 Å². The largest absolute Gasteiger partial charge is 0.435 e. The highest BCUT2D eigenvalue weighted by atomic mass is 19.4. The van der Waals surface area contributed by atoms with Gasteiger partial charge in [-0.3, -0.25) is 0 Å². The summed E-state index contributed by atoms with van der Waals surface area (Å²) in [5.41, 5.74) is 3.78. The van der Waals surface area contributed by atoms with Gasteiger partial charge in [0.2, 0.25) is 0 Å². The number of aryl methyl sites for hydroxylation is 1. The number of alkyl halides is 3. The Bertz CT molecular complexity index is 1290. The first-order chi connectivity index (χ1) is 16.6. The Balaban J connectivity index is 1.72. The predicted molar refractivity (Wildman–Crippen MR) is 105 cm³/mol. The lowest BCUT2D eigenvalue weighted by atomic mass is 9.82. The van der Waals surface area contributed by atoms with E-state index in [1.54, 1.807) is 12.1 Å². The number of nitrogens with one attached hydrogen (secondary N) is 1. The third-order valence-electron chi connectivity index (χ3n) is 5.18. The number of halogens is 4. The van der Waals surface area contributed by atoms with E-state index >= 15 is 0 Å². The number of likely N-dealkylation sites (tertiary alicyclic amines) is 1. The minimum absolute atomic E-state index is 0.0679. The summed E-state index contributed by atoms with van der Waals surface area (Å²) < 4.78 is 92.4. The molecule has 1 saturated heterocycles. The van der Waals surface area contributed by atoms with Crippen molar-refractivity contribution < 1.29 is 29.2 Å². The van der Waals surface area contributed by atoms with Crippen molar-refractivity contribution in [1.82, 2.24) is 19.5 Å². The van der Waals surface area contributed by atoms with Gasteiger partial charge in [0.15, 0.2) is 11.3 Å². The monoisotopic (exact) mass is 441 g/mol. The minimum Gasteiger partial charge on any atom is -0.368 e. The van der Waals surface area contributed by atoms with E-state index in [2.05, 4.69) is 15.4 Å². The van der Waals surface area contributed by atoms with Crippen LogP contribution in [0.3, 0.4) is 0 Å². The number of primary amides is 1. The highest BCUT2D eigenvalue weighted by Crippen LogP contribution is 2.35. The molecule has 1 aliphatic heterocycles. The molecular weight excluding hydrogens is 416 g/mol. The van der Waals surface area contributed by atoms with Crippen LogP contribution in [-0.2, 0) is 12.5 Å². The van der Waals surface area contributed by atoms with Gasteiger partial charge in [0, 0.05) is 43.7 Å². The lowest BCUT2D eigenvalue weighted by Crippen LogP contribution is -2.61. The van der Waals surface area contributed by atoms with Gasteiger partial charge in [-0.15, -0.1) is 0 Å². The number of benzene rings is 1. The number of hydrogen-bond acceptors (Lipinski definition) is 4. The fraction of sp³-hybridized carbons (Fsp3) is 0.350. The Kier molecular flexibility index (Phi) is 3.84. The molecule has 31 heavy (non-hydrogen) atoms. The molecule has 0 spiro atoms. The zero-order chi connectivity index (χ0) is 26.6. The molecule has 0 saturated carbocycles. The highest BCUT2D eigenvalue weighted by Gasteiger charge is 2.42. The SMILES string of the molecule is [2H]C([2H])([2H])C([2H])([2H])c1cc(NCC2C(c3ccc(F)cc3)CN2C(N)=O)n2nc(C(F)(F)F)cc2n1. The molecule has 3 N–H and O–H groups in total. The summed E-state index contributed by atoms with van der Waals surface area (Å²) in [5, 5.41) is 6.32. The second-order valence-electron chi connectivity index (χ2n) is 7.05. The number of nitrogens with two attached hydrogens (primary N) is 1. The number of carbonyl (C=O) groups is 1. The van der Waals surface area contributed by atoms with E-state index in [4.69, 9.17) is 12.6 Å². The van der Waals surface area contributed by atoms with Gasteiger partial charge in [0.05, 0.1) is 6.04 Å². The molecule has 2 amide bonds. The van der Waals surface area contributed by atoms with Gasteiger partial charge in [-0.2, -0.15) is 22.8 Å². The molecule has 0 aliphatic carbocycles. The molecule has 1 aliphatic rings. The number of carbonyl (C=O) groups excluding carboxylic acids is 1. The molecule has 0 bridgehead atoms. The van der Waals surface area contributed by atoms with Gasteiger partial charge >= 0.3 is 12.2 Å². The molecule has 2 unspecified atom stereocenters. The summed E-state index contributed by atoms with van der Waals surface area (Å²) in [6.07, 6.45) is -7.82. The smallest absolute Gasteiger partial charge is 0.368 e. The number of anilines is 1. The van der Waals surface area contributed by atoms with Crippen molar-refractivity contribution in [3.63, 3.8) is 0 Å². The first-order valence-corrected chi connectivity index (χ1v) is 9.13. The number of urea groups is 1. The van der Waals surface area contributed by atoms with Crippen molar-refractivity contribution in [2.24, 2.45) is 5.73 Å². The maximum Gasteiger partial charge on any atom is 0.435 e. The van der Waals surface area contributed by atoms with Crippen LogP contribution >= 0.6 is 0 Å². The molecule has 7 nitrogen and oxygen atoms in total. The van der Waals surface area contributed by atoms with E-state index in [1.165, 1.54) is 17.0 Å². The maximum absolute atomic E-state index is 13.3. The van der Waals surface area contributed by atoms with Crippen molar-refractivity contribution in [3.8, 4) is 0 Å². The summed E-state index contributed by atoms with van der Waals surface area (Å²) in [4.78, 5) is 17.0. The number of aromatic nitrogens is 3. The number of fused-ring (bicyclic) bond motifs is 1. The summed E-state index contributed by atoms with van der Waals surface area (Å²) in [7, 11) is 0. The second-order valence-corrected chi connectivity index (χ2v) is 7.05. The number of hydrogen-bond donors (Lipinski definition) is 2. The van der Waals surface area contributed by atoms with Crippen LogP contribution in [0, 0.1) is 5.82 Å². The Morgan fingerprint density at radius 2 is 2.10 bits per heavy atom. The van der Waals surface area contributed by atoms with Crippen molar-refractivity contribution in [1.29, 1.82) is 0 Å². The van der Waals surface area contributed by atoms with Gasteiger partial charge in [0.1, 0.15) is 11.6 Å². The third kappa shape index (κ3) is 3.99. The average molecular weight is 441 g/mol. The van der Waals surface area contributed by atoms with Crippen LogP contribution in [0.4, 0.5) is 28.2 Å². The molecule has 11 heteroatoms. The van der Waals surface area contributed by atoms with Crippen molar-refractivity contribution in [3.05, 3.63) is 59.2 Å². The molecule has 3 heterocycles. The molecule has 1 aromatic carbocycles. The van der Waals surface area contributed by atoms with E-state index in [0.717, 1.165) is 10.6 Å². The Morgan fingerprint density at radius 3 is 2.74 bits per heavy atom. The molecule has 3 aromatic rings. The summed E-state index contributed by atoms with van der Waals surface area (Å²) in [6, 6.07) is 5.81. The lowest BCUT2D eigenvalue weighted by Gasteiger charge is -2.47. The van der Waals surface area contributed by atoms with Crippen molar-refractivity contribution in [2.45, 2.75) is 31.4 Å². The topological polar surface area (TPSA) is 88.5 Å². The summed E-state index contributed by atoms with van der Waals surface area (Å²) in [5.74, 6) is -0.902. The first kappa shape index (κ1) is 15.4. The van der Waals surface area contributed by atoms with E-state index in [1.807, 2.05) is 0 Å². The van der Waals surface area contributed by atoms with E-state index in [0.29, 0.717) is 11.6 Å². The lowest BCUT2D eigenvalue weighted by molar-refractivity contribution is -0.141. The molecule has 164 valence electrons. The van der Waals surface area contributed by atoms with Crippen LogP contribution in [0.5, 0.6) is 0 Å². The Morgan fingerprint density at radius 1 is 1.35 bits per heavy atom. The summed E-state index contributed by atoms with van der Waals surface area (Å²) in [6.45, 7) is -3.00. The van der Waals surface area contributed by atoms with Crippen LogP contribution in [-0.4, -0.2) is 44.7 Å². The van der Waals surface area contributed by atoms with E-state index in [-0.39, 0.29) is 24.8 Å². The number of amides is 2. The molecule has 4 rings (SSSR count). The quantitative estimate of drug-likeness (QED) is 0.594. The van der Waals surface area contributed by atoms with Crippen LogP contribution in [0.1, 0.15) is 36.6 Å². The van der Waals surface area contributed by atoms with Crippen LogP contribution in [0.25, 0.3) is 5.65 Å². The molecule has 2 atom stereocenters. The van der Waals surface area contributed by atoms with Gasteiger partial charge in [-0.05, 0) is 24.1 Å². The Labute approximate surface area is 181 Å². The fourth-order valence-electron chi connectivity index (χ4n) is 3.60. The van der Waals surface area contributed by atoms with Gasteiger partial charge in [-0.1, -0.05) is 19.0 Å². The molecule has 2 aromatic heterocycles. The summed E-state index contributed by atoms with van der Waals surface area (Å²) >= 11 is 0. The van der Waals surface area contributed by atoms with E-state index in [9.17, 15) is 22.4 Å². The molecule has 1 fully saturated rings. The van der Waals surface area contributed by atoms with E-state index < -0.39 is 54.3 Å². The standard InChI is InChI=1S/C20H20F4N6O/c1-2-13-7-17(30-18(27-13)8-16(28-30)20(22,23)24)26-9-15-14(10-29(15)19(25)31)11-3-5-12(21)6-4-11/h3-8,14-15,26H,2,9-10H2,1H3,(H2,25,31)/i1D3,2D2. The van der Waals surface area contributed by atoms with Gasteiger partial charge in [-0.25, -0.2) is 14.2 Å². The maximum atomic E-state index is 13.3. The predicted octanol–water partition coefficient (Wildman–Crippen LogP) is 3.41. The van der Waals surface area contributed by atoms with Crippen LogP contribution in [0.2, 0.25) is 0 Å². The second kappa shape index (κ2) is 7.71. The number of nitrogens with zero attached hydrogens (tertiary/aromatic N) is 4. The molecule has 0 radical (unpaired) electrons. The van der Waals surface area contributed by atoms with Gasteiger partial charge < -0.3 is 16.0 Å². The zero-order valence-corrected chi connectivity index (χ0v) is 15.8. The Hall–Kier alpha value is -3.37. The third-order valence-corrected chi connectivity index (χ3v) is 5.18. The minimum atomic E-state index is -4.83. The normalized spacial score (nSPS) is 22.1. The molecular formula is C20H20F4N6O. The zero-order valence-electron chi connectivity index (χ0n) is 20.8. The van der Waals surface area contributed by atoms with Crippen LogP contribution < -0.4 is 11.1 Å². The highest BCUT2D eigenvalue weighted by molar-refractivity contribution is 5.74. The van der Waals surface area contributed by atoms with Crippen molar-refractivity contribution in [2.75, 3.05) is 18.4 Å². The van der Waals surface area contributed by atoms with Gasteiger partial charge in [0.25, 0.3) is 0 Å². The average Bonchev–Trinajstić information content (AvgIpc) is 3.18.